The van der Waals surface area contributed by atoms with Crippen LogP contribution in [-0.4, -0.2) is 22.2 Å². The van der Waals surface area contributed by atoms with Gasteiger partial charge in [0, 0.05) is 5.56 Å². The van der Waals surface area contributed by atoms with Crippen molar-refractivity contribution in [2.24, 2.45) is 0 Å². The molecule has 1 unspecified atom stereocenters. The molecule has 4 N–H and O–H groups in total. The Bertz CT molecular complexity index is 985. The zero-order valence-electron chi connectivity index (χ0n) is 13.8. The third-order valence-electron chi connectivity index (χ3n) is 3.73. The van der Waals surface area contributed by atoms with Crippen LogP contribution in [0.2, 0.25) is 0 Å². The number of aromatic nitrogens is 2. The van der Waals surface area contributed by atoms with Crippen LogP contribution in [0.3, 0.4) is 0 Å². The molecule has 0 saturated heterocycles. The second-order valence-corrected chi connectivity index (χ2v) is 5.61. The summed E-state index contributed by atoms with van der Waals surface area (Å²) in [4.78, 5) is 19.2. The monoisotopic (exact) mass is 383 g/mol. The molecule has 0 spiro atoms. The second-order valence-electron chi connectivity index (χ2n) is 5.61. The van der Waals surface area contributed by atoms with E-state index >= 15 is 0 Å². The van der Waals surface area contributed by atoms with Crippen molar-refractivity contribution in [3.8, 4) is 0 Å². The van der Waals surface area contributed by atoms with Crippen LogP contribution in [0.1, 0.15) is 17.4 Å². The number of halogens is 4. The van der Waals surface area contributed by atoms with E-state index in [-0.39, 0.29) is 28.2 Å². The first-order chi connectivity index (χ1) is 12.7. The summed E-state index contributed by atoms with van der Waals surface area (Å²) in [6.07, 6.45) is -2.62. The Kier molecular flexibility index (Phi) is 4.60. The number of fused-ring (bicyclic) bond motifs is 1. The van der Waals surface area contributed by atoms with Gasteiger partial charge in [-0.2, -0.15) is 13.2 Å². The Balaban J connectivity index is 1.91. The first kappa shape index (κ1) is 18.4. The first-order valence-electron chi connectivity index (χ1n) is 7.56. The van der Waals surface area contributed by atoms with E-state index in [2.05, 4.69) is 15.3 Å². The molecule has 7 nitrogen and oxygen atoms in total. The molecule has 2 aromatic heterocycles. The highest BCUT2D eigenvalue weighted by Gasteiger charge is 2.45. The van der Waals surface area contributed by atoms with Crippen molar-refractivity contribution in [1.82, 2.24) is 15.3 Å². The number of urea groups is 1. The number of nitrogens with two attached hydrogens (primary N) is 1. The maximum Gasteiger partial charge on any atom is 0.416 e. The molecule has 0 aliphatic carbocycles. The summed E-state index contributed by atoms with van der Waals surface area (Å²) in [5.74, 6) is -1.38. The molecule has 0 radical (unpaired) electrons. The summed E-state index contributed by atoms with van der Waals surface area (Å²) in [7, 11) is 0. The van der Waals surface area contributed by atoms with E-state index < -0.39 is 29.8 Å². The lowest BCUT2D eigenvalue weighted by Gasteiger charge is -2.20. The van der Waals surface area contributed by atoms with Gasteiger partial charge in [0.05, 0.1) is 23.5 Å². The number of hydrogen-bond acceptors (Lipinski definition) is 5. The maximum absolute atomic E-state index is 13.9. The summed E-state index contributed by atoms with van der Waals surface area (Å²) < 4.78 is 59.7. The molecule has 142 valence electrons. The Morgan fingerprint density at radius 3 is 2.52 bits per heavy atom. The summed E-state index contributed by atoms with van der Waals surface area (Å²) in [5.41, 5.74) is 5.23. The fraction of sp³-hybridized carbons (Fsp3) is 0.188. The molecule has 27 heavy (non-hydrogen) atoms. The number of nitrogen functional groups attached to an aromatic ring is 1. The van der Waals surface area contributed by atoms with Crippen molar-refractivity contribution in [3.63, 3.8) is 0 Å². The van der Waals surface area contributed by atoms with Crippen molar-refractivity contribution >= 4 is 28.6 Å². The minimum absolute atomic E-state index is 0.0370. The van der Waals surface area contributed by atoms with E-state index in [1.54, 1.807) is 5.32 Å². The van der Waals surface area contributed by atoms with Crippen LogP contribution >= 0.6 is 0 Å². The van der Waals surface area contributed by atoms with Crippen LogP contribution in [0.4, 0.5) is 34.0 Å². The van der Waals surface area contributed by atoms with Crippen molar-refractivity contribution in [3.05, 3.63) is 47.7 Å². The van der Waals surface area contributed by atoms with Gasteiger partial charge in [0.25, 0.3) is 0 Å². The Morgan fingerprint density at radius 1 is 1.26 bits per heavy atom. The van der Waals surface area contributed by atoms with Crippen LogP contribution in [0.15, 0.2) is 35.0 Å². The van der Waals surface area contributed by atoms with Gasteiger partial charge in [-0.3, -0.25) is 0 Å². The number of hydrogen-bond donors (Lipinski definition) is 3. The molecular formula is C16H13F4N5O2. The van der Waals surface area contributed by atoms with E-state index in [1.165, 1.54) is 19.1 Å². The number of anilines is 2. The normalized spacial score (nSPS) is 12.8. The van der Waals surface area contributed by atoms with Gasteiger partial charge in [0.2, 0.25) is 5.95 Å². The number of amides is 2. The van der Waals surface area contributed by atoms with Gasteiger partial charge in [-0.15, -0.1) is 0 Å². The van der Waals surface area contributed by atoms with Gasteiger partial charge < -0.3 is 20.8 Å². The summed E-state index contributed by atoms with van der Waals surface area (Å²) >= 11 is 0. The van der Waals surface area contributed by atoms with Crippen molar-refractivity contribution < 1.29 is 26.8 Å². The predicted octanol–water partition coefficient (Wildman–Crippen LogP) is 3.68. The second kappa shape index (κ2) is 6.74. The van der Waals surface area contributed by atoms with Crippen LogP contribution in [-0.2, 0) is 0 Å². The Labute approximate surface area is 149 Å². The average Bonchev–Trinajstić information content (AvgIpc) is 2.91. The number of rotatable bonds is 3. The standard InChI is InChI=1S/C16H13F4N5O2/c1-7-11-9(17)3-2-4-10(11)27-12(7)13(16(18,19)20)25-15(26)24-8-5-22-14(21)23-6-8/h2-6,13H,1H3,(H2,21,22,23)(H2,24,25,26). The number of furan rings is 1. The van der Waals surface area contributed by atoms with Gasteiger partial charge in [0.15, 0.2) is 6.04 Å². The van der Waals surface area contributed by atoms with Crippen LogP contribution < -0.4 is 16.4 Å². The van der Waals surface area contributed by atoms with Crippen molar-refractivity contribution in [2.45, 2.75) is 19.1 Å². The van der Waals surface area contributed by atoms with Crippen LogP contribution in [0.5, 0.6) is 0 Å². The molecule has 2 amide bonds. The lowest BCUT2D eigenvalue weighted by molar-refractivity contribution is -0.158. The number of nitrogens with one attached hydrogen (secondary N) is 2. The molecule has 0 fully saturated rings. The molecule has 0 saturated carbocycles. The predicted molar refractivity (Wildman–Crippen MR) is 88.3 cm³/mol. The number of carbonyl (C=O) groups is 1. The zero-order valence-corrected chi connectivity index (χ0v) is 13.8. The lowest BCUT2D eigenvalue weighted by atomic mass is 10.1. The molecule has 0 bridgehead atoms. The smallest absolute Gasteiger partial charge is 0.416 e. The summed E-state index contributed by atoms with van der Waals surface area (Å²) in [6.45, 7) is 1.29. The van der Waals surface area contributed by atoms with Crippen LogP contribution in [0, 0.1) is 12.7 Å². The number of aryl methyl sites for hydroxylation is 1. The van der Waals surface area contributed by atoms with Crippen molar-refractivity contribution in [1.29, 1.82) is 0 Å². The number of carbonyl (C=O) groups excluding carboxylic acids is 1. The van der Waals surface area contributed by atoms with Crippen molar-refractivity contribution in [2.75, 3.05) is 11.1 Å². The molecule has 0 aliphatic rings. The number of benzene rings is 1. The largest absolute Gasteiger partial charge is 0.458 e. The summed E-state index contributed by atoms with van der Waals surface area (Å²) in [5, 5.41) is 3.87. The highest BCUT2D eigenvalue weighted by Crippen LogP contribution is 2.39. The number of alkyl halides is 3. The molecule has 3 rings (SSSR count). The minimum atomic E-state index is -4.88. The SMILES string of the molecule is Cc1c(C(NC(=O)Nc2cnc(N)nc2)C(F)(F)F)oc2cccc(F)c12. The van der Waals surface area contributed by atoms with Gasteiger partial charge in [-0.05, 0) is 19.1 Å². The highest BCUT2D eigenvalue weighted by molar-refractivity contribution is 5.89. The lowest BCUT2D eigenvalue weighted by Crippen LogP contribution is -2.40. The van der Waals surface area contributed by atoms with Gasteiger partial charge in [0.1, 0.15) is 17.2 Å². The number of nitrogens with zero attached hydrogens (tertiary/aromatic N) is 2. The molecule has 2 heterocycles. The quantitative estimate of drug-likeness (QED) is 0.599. The Hall–Kier alpha value is -3.37. The fourth-order valence-corrected chi connectivity index (χ4v) is 2.54. The molecule has 1 atom stereocenters. The Morgan fingerprint density at radius 2 is 1.93 bits per heavy atom. The van der Waals surface area contributed by atoms with Gasteiger partial charge >= 0.3 is 12.2 Å². The third-order valence-corrected chi connectivity index (χ3v) is 3.73. The fourth-order valence-electron chi connectivity index (χ4n) is 2.54. The summed E-state index contributed by atoms with van der Waals surface area (Å²) in [6, 6.07) is 0.103. The van der Waals surface area contributed by atoms with E-state index in [4.69, 9.17) is 10.2 Å². The molecular weight excluding hydrogens is 370 g/mol. The van der Waals surface area contributed by atoms with Crippen LogP contribution in [0.25, 0.3) is 11.0 Å². The topological polar surface area (TPSA) is 106 Å². The third kappa shape index (κ3) is 3.76. The van der Waals surface area contributed by atoms with E-state index in [0.717, 1.165) is 18.5 Å². The van der Waals surface area contributed by atoms with Gasteiger partial charge in [-0.1, -0.05) is 6.07 Å². The van der Waals surface area contributed by atoms with E-state index in [0.29, 0.717) is 0 Å². The molecule has 3 aromatic rings. The average molecular weight is 383 g/mol. The van der Waals surface area contributed by atoms with Gasteiger partial charge in [-0.25, -0.2) is 19.2 Å². The molecule has 11 heteroatoms. The molecule has 1 aromatic carbocycles. The highest BCUT2D eigenvalue weighted by atomic mass is 19.4. The maximum atomic E-state index is 13.9. The van der Waals surface area contributed by atoms with E-state index in [9.17, 15) is 22.4 Å². The molecule has 0 aliphatic heterocycles. The zero-order chi connectivity index (χ0) is 19.8. The van der Waals surface area contributed by atoms with E-state index in [1.807, 2.05) is 0 Å². The first-order valence-corrected chi connectivity index (χ1v) is 7.56. The minimum Gasteiger partial charge on any atom is -0.458 e.